The van der Waals surface area contributed by atoms with Crippen molar-refractivity contribution in [3.63, 3.8) is 0 Å². The Bertz CT molecular complexity index is 639. The van der Waals surface area contributed by atoms with Crippen LogP contribution >= 0.6 is 0 Å². The molecule has 1 atom stereocenters. The van der Waals surface area contributed by atoms with Gasteiger partial charge in [0.25, 0.3) is 0 Å². The lowest BCUT2D eigenvalue weighted by atomic mass is 9.98. The van der Waals surface area contributed by atoms with E-state index in [1.165, 1.54) is 7.11 Å². The van der Waals surface area contributed by atoms with E-state index >= 15 is 0 Å². The minimum Gasteiger partial charge on any atom is -0.493 e. The van der Waals surface area contributed by atoms with Gasteiger partial charge in [-0.3, -0.25) is 0 Å². The fourth-order valence-electron chi connectivity index (χ4n) is 2.66. The van der Waals surface area contributed by atoms with E-state index in [4.69, 9.17) is 9.47 Å². The fourth-order valence-corrected chi connectivity index (χ4v) is 2.66. The quantitative estimate of drug-likeness (QED) is 0.864. The Morgan fingerprint density at radius 1 is 1.30 bits per heavy atom. The Kier molecular flexibility index (Phi) is 3.46. The summed E-state index contributed by atoms with van der Waals surface area (Å²) in [7, 11) is 1.38. The number of ether oxygens (including phenoxy) is 2. The maximum Gasteiger partial charge on any atom is 0.407 e. The van der Waals surface area contributed by atoms with Crippen LogP contribution in [0.2, 0.25) is 0 Å². The summed E-state index contributed by atoms with van der Waals surface area (Å²) in [6.45, 7) is 0.667. The molecule has 0 aliphatic carbocycles. The highest BCUT2D eigenvalue weighted by Gasteiger charge is 2.23. The highest BCUT2D eigenvalue weighted by Crippen LogP contribution is 2.37. The molecule has 0 aromatic heterocycles. The first-order valence-corrected chi connectivity index (χ1v) is 6.78. The molecule has 0 saturated heterocycles. The molecule has 0 spiro atoms. The van der Waals surface area contributed by atoms with Gasteiger partial charge in [-0.1, -0.05) is 36.4 Å². The van der Waals surface area contributed by atoms with E-state index in [9.17, 15) is 4.79 Å². The third kappa shape index (κ3) is 2.29. The average molecular weight is 271 g/mol. The van der Waals surface area contributed by atoms with Crippen molar-refractivity contribution in [1.82, 2.24) is 5.32 Å². The Morgan fingerprint density at radius 3 is 3.00 bits per heavy atom. The van der Waals surface area contributed by atoms with Crippen LogP contribution in [0.1, 0.15) is 24.4 Å². The first kappa shape index (κ1) is 12.8. The summed E-state index contributed by atoms with van der Waals surface area (Å²) >= 11 is 0. The number of amides is 1. The molecule has 0 saturated carbocycles. The number of methoxy groups -OCH3 is 1. The van der Waals surface area contributed by atoms with E-state index in [1.807, 2.05) is 18.2 Å². The standard InChI is InChI=1S/C16H17NO3/c1-19-16(18)17-14-7-4-10-20-15-12-6-3-2-5-11(12)8-9-13(14)15/h2-3,5-6,8-9,14H,4,7,10H2,1H3,(H,17,18). The van der Waals surface area contributed by atoms with Crippen LogP contribution in [0.5, 0.6) is 5.75 Å². The second kappa shape index (κ2) is 5.41. The Hall–Kier alpha value is -2.23. The highest BCUT2D eigenvalue weighted by atomic mass is 16.5. The van der Waals surface area contributed by atoms with Gasteiger partial charge in [0.1, 0.15) is 5.75 Å². The van der Waals surface area contributed by atoms with Gasteiger partial charge in [0.15, 0.2) is 0 Å². The van der Waals surface area contributed by atoms with Gasteiger partial charge >= 0.3 is 6.09 Å². The number of carbonyl (C=O) groups excluding carboxylic acids is 1. The molecule has 2 aromatic carbocycles. The summed E-state index contributed by atoms with van der Waals surface area (Å²) in [5.74, 6) is 0.877. The molecule has 0 radical (unpaired) electrons. The largest absolute Gasteiger partial charge is 0.493 e. The molecule has 3 rings (SSSR count). The van der Waals surface area contributed by atoms with Gasteiger partial charge in [0.05, 0.1) is 19.8 Å². The molecule has 0 bridgehead atoms. The smallest absolute Gasteiger partial charge is 0.407 e. The van der Waals surface area contributed by atoms with E-state index in [0.29, 0.717) is 6.61 Å². The number of fused-ring (bicyclic) bond motifs is 3. The van der Waals surface area contributed by atoms with E-state index in [2.05, 4.69) is 23.5 Å². The molecule has 104 valence electrons. The molecule has 1 amide bonds. The highest BCUT2D eigenvalue weighted by molar-refractivity contribution is 5.90. The van der Waals surface area contributed by atoms with Crippen molar-refractivity contribution in [1.29, 1.82) is 0 Å². The first-order valence-electron chi connectivity index (χ1n) is 6.78. The number of alkyl carbamates (subject to hydrolysis) is 1. The van der Waals surface area contributed by atoms with Crippen molar-refractivity contribution in [2.75, 3.05) is 13.7 Å². The molecule has 1 aliphatic heterocycles. The van der Waals surface area contributed by atoms with Crippen molar-refractivity contribution >= 4 is 16.9 Å². The summed E-state index contributed by atoms with van der Waals surface area (Å²) in [5.41, 5.74) is 1.02. The molecule has 1 aliphatic rings. The van der Waals surface area contributed by atoms with Crippen LogP contribution in [0.15, 0.2) is 36.4 Å². The van der Waals surface area contributed by atoms with E-state index in [1.54, 1.807) is 0 Å². The molecule has 1 heterocycles. The van der Waals surface area contributed by atoms with Crippen LogP contribution in [-0.2, 0) is 4.74 Å². The maximum atomic E-state index is 11.5. The SMILES string of the molecule is COC(=O)NC1CCCOc2c1ccc1ccccc21. The van der Waals surface area contributed by atoms with Crippen LogP contribution in [0.25, 0.3) is 10.8 Å². The fraction of sp³-hybridized carbons (Fsp3) is 0.312. The van der Waals surface area contributed by atoms with Gasteiger partial charge in [0, 0.05) is 10.9 Å². The predicted octanol–water partition coefficient (Wildman–Crippen LogP) is 3.41. The number of hydrogen-bond acceptors (Lipinski definition) is 3. The lowest BCUT2D eigenvalue weighted by Gasteiger charge is -2.18. The van der Waals surface area contributed by atoms with Crippen molar-refractivity contribution in [3.05, 3.63) is 42.0 Å². The van der Waals surface area contributed by atoms with E-state index in [-0.39, 0.29) is 6.04 Å². The third-order valence-corrected chi connectivity index (χ3v) is 3.65. The lowest BCUT2D eigenvalue weighted by molar-refractivity contribution is 0.166. The zero-order valence-corrected chi connectivity index (χ0v) is 11.4. The Morgan fingerprint density at radius 2 is 2.15 bits per heavy atom. The number of hydrogen-bond donors (Lipinski definition) is 1. The number of benzene rings is 2. The van der Waals surface area contributed by atoms with E-state index < -0.39 is 6.09 Å². The molecule has 4 heteroatoms. The predicted molar refractivity (Wildman–Crippen MR) is 77.0 cm³/mol. The maximum absolute atomic E-state index is 11.5. The van der Waals surface area contributed by atoms with Crippen molar-refractivity contribution in [2.24, 2.45) is 0 Å². The zero-order valence-electron chi connectivity index (χ0n) is 11.4. The average Bonchev–Trinajstić information content (AvgIpc) is 2.69. The molecule has 1 N–H and O–H groups in total. The third-order valence-electron chi connectivity index (χ3n) is 3.65. The number of rotatable bonds is 1. The number of carbonyl (C=O) groups is 1. The van der Waals surface area contributed by atoms with Crippen molar-refractivity contribution in [2.45, 2.75) is 18.9 Å². The van der Waals surface area contributed by atoms with Gasteiger partial charge in [-0.05, 0) is 18.2 Å². The summed E-state index contributed by atoms with van der Waals surface area (Å²) in [6.07, 6.45) is 1.34. The molecular formula is C16H17NO3. The van der Waals surface area contributed by atoms with Gasteiger partial charge in [-0.25, -0.2) is 4.79 Å². The van der Waals surface area contributed by atoms with E-state index in [0.717, 1.165) is 34.9 Å². The summed E-state index contributed by atoms with van der Waals surface area (Å²) in [5, 5.41) is 5.12. The van der Waals surface area contributed by atoms with Crippen LogP contribution < -0.4 is 10.1 Å². The molecular weight excluding hydrogens is 254 g/mol. The summed E-state index contributed by atoms with van der Waals surface area (Å²) in [6, 6.07) is 12.2. The van der Waals surface area contributed by atoms with Gasteiger partial charge in [0.2, 0.25) is 0 Å². The van der Waals surface area contributed by atoms with Crippen LogP contribution in [0, 0.1) is 0 Å². The molecule has 2 aromatic rings. The lowest BCUT2D eigenvalue weighted by Crippen LogP contribution is -2.28. The van der Waals surface area contributed by atoms with Gasteiger partial charge in [-0.15, -0.1) is 0 Å². The summed E-state index contributed by atoms with van der Waals surface area (Å²) in [4.78, 5) is 11.5. The summed E-state index contributed by atoms with van der Waals surface area (Å²) < 4.78 is 10.6. The molecule has 1 unspecified atom stereocenters. The Labute approximate surface area is 117 Å². The second-order valence-electron chi connectivity index (χ2n) is 4.88. The number of nitrogens with one attached hydrogen (secondary N) is 1. The monoisotopic (exact) mass is 271 g/mol. The van der Waals surface area contributed by atoms with Crippen LogP contribution in [0.3, 0.4) is 0 Å². The molecule has 4 nitrogen and oxygen atoms in total. The topological polar surface area (TPSA) is 47.6 Å². The molecule has 0 fully saturated rings. The van der Waals surface area contributed by atoms with Crippen LogP contribution in [-0.4, -0.2) is 19.8 Å². The molecule has 20 heavy (non-hydrogen) atoms. The van der Waals surface area contributed by atoms with Crippen molar-refractivity contribution < 1.29 is 14.3 Å². The van der Waals surface area contributed by atoms with Gasteiger partial charge in [-0.2, -0.15) is 0 Å². The zero-order chi connectivity index (χ0) is 13.9. The normalized spacial score (nSPS) is 17.8. The van der Waals surface area contributed by atoms with Crippen LogP contribution in [0.4, 0.5) is 4.79 Å². The first-order chi connectivity index (χ1) is 9.79. The minimum atomic E-state index is -0.406. The second-order valence-corrected chi connectivity index (χ2v) is 4.88. The Balaban J connectivity index is 2.07. The minimum absolute atomic E-state index is 0.0652. The van der Waals surface area contributed by atoms with Crippen molar-refractivity contribution in [3.8, 4) is 5.75 Å². The van der Waals surface area contributed by atoms with Gasteiger partial charge < -0.3 is 14.8 Å².